The van der Waals surface area contributed by atoms with Gasteiger partial charge in [-0.15, -0.1) is 0 Å². The fraction of sp³-hybridized carbons (Fsp3) is 1.00. The van der Waals surface area contributed by atoms with Crippen molar-refractivity contribution in [1.82, 2.24) is 5.01 Å². The van der Waals surface area contributed by atoms with Crippen molar-refractivity contribution in [2.45, 2.75) is 6.82 Å². The Morgan fingerprint density at radius 2 is 2.00 bits per heavy atom. The summed E-state index contributed by atoms with van der Waals surface area (Å²) in [5.41, 5.74) is 0. The predicted molar refractivity (Wildman–Crippen MR) is 27.7 cm³/mol. The second-order valence-corrected chi connectivity index (χ2v) is 1.22. The summed E-state index contributed by atoms with van der Waals surface area (Å²) < 4.78 is 0. The quantitative estimate of drug-likeness (QED) is 0.331. The second-order valence-electron chi connectivity index (χ2n) is 1.22. The van der Waals surface area contributed by atoms with E-state index in [1.54, 1.807) is 12.1 Å². The van der Waals surface area contributed by atoms with Gasteiger partial charge in [0.05, 0.1) is 0 Å². The van der Waals surface area contributed by atoms with Gasteiger partial charge in [0.25, 0.3) is 0 Å². The maximum atomic E-state index is 3.83. The van der Waals surface area contributed by atoms with E-state index in [0.717, 1.165) is 0 Å². The van der Waals surface area contributed by atoms with Crippen molar-refractivity contribution >= 4 is 7.07 Å². The summed E-state index contributed by atoms with van der Waals surface area (Å²) in [6, 6.07) is 0. The summed E-state index contributed by atoms with van der Waals surface area (Å²) in [7, 11) is 5.53. The number of hydrogen-bond acceptors (Lipinski definition) is 2. The van der Waals surface area contributed by atoms with Crippen LogP contribution in [0.4, 0.5) is 0 Å². The van der Waals surface area contributed by atoms with Gasteiger partial charge in [-0.25, -0.2) is 0 Å². The van der Waals surface area contributed by atoms with Crippen molar-refractivity contribution in [3.05, 3.63) is 0 Å². The molecule has 0 radical (unpaired) electrons. The van der Waals surface area contributed by atoms with Gasteiger partial charge in [0.15, 0.2) is 0 Å². The fourth-order valence-corrected chi connectivity index (χ4v) is 0.231. The van der Waals surface area contributed by atoms with Crippen LogP contribution < -0.4 is 0 Å². The zero-order chi connectivity index (χ0) is 4.99. The van der Waals surface area contributed by atoms with Crippen molar-refractivity contribution in [3.63, 3.8) is 0 Å². The Kier molecular flexibility index (Phi) is 2.72. The zero-order valence-corrected chi connectivity index (χ0v) is 4.47. The van der Waals surface area contributed by atoms with Gasteiger partial charge in [-0.2, -0.15) is 0 Å². The van der Waals surface area contributed by atoms with Crippen LogP contribution in [0, 0.1) is 0 Å². The van der Waals surface area contributed by atoms with Gasteiger partial charge < -0.3 is 0 Å². The minimum absolute atomic E-state index is 1.75. The Hall–Kier alpha value is -0.335. The fourth-order valence-electron chi connectivity index (χ4n) is 0.231. The van der Waals surface area contributed by atoms with E-state index in [9.17, 15) is 0 Å². The van der Waals surface area contributed by atoms with Gasteiger partial charge in [0.1, 0.15) is 0 Å². The van der Waals surface area contributed by atoms with Crippen LogP contribution in [0.15, 0.2) is 5.00 Å². The summed E-state index contributed by atoms with van der Waals surface area (Å²) in [6.07, 6.45) is 0. The van der Waals surface area contributed by atoms with E-state index in [2.05, 4.69) is 5.00 Å². The van der Waals surface area contributed by atoms with Crippen LogP contribution in [0.1, 0.15) is 0 Å². The van der Waals surface area contributed by atoms with Crippen LogP contribution in [-0.2, 0) is 0 Å². The van der Waals surface area contributed by atoms with E-state index in [1.165, 1.54) is 0 Å². The zero-order valence-electron chi connectivity index (χ0n) is 4.47. The molecule has 0 spiro atoms. The first kappa shape index (κ1) is 5.66. The second kappa shape index (κ2) is 2.88. The average molecular weight is 83.9 g/mol. The van der Waals surface area contributed by atoms with E-state index >= 15 is 0 Å². The molecule has 0 amide bonds. The third-order valence-corrected chi connectivity index (χ3v) is 0.346. The first-order chi connectivity index (χ1) is 2.77. The third kappa shape index (κ3) is 3.66. The molecule has 0 saturated carbocycles. The Bertz CT molecular complexity index is 50.8. The summed E-state index contributed by atoms with van der Waals surface area (Å²) >= 11 is 0. The topological polar surface area (TPSA) is 15.6 Å². The number of hydrogen-bond donors (Lipinski definition) is 0. The SMILES string of the molecule is C/B=N/N(C)C. The van der Waals surface area contributed by atoms with Crippen molar-refractivity contribution in [3.8, 4) is 0 Å². The number of nitrogens with zero attached hydrogens (tertiary/aromatic N) is 2. The van der Waals surface area contributed by atoms with Gasteiger partial charge >= 0.3 is 38.0 Å². The van der Waals surface area contributed by atoms with E-state index in [4.69, 9.17) is 0 Å². The Labute approximate surface area is 39.1 Å². The van der Waals surface area contributed by atoms with Gasteiger partial charge in [-0.1, -0.05) is 0 Å². The molecule has 0 unspecified atom stereocenters. The molecule has 0 N–H and O–H groups in total. The summed E-state index contributed by atoms with van der Waals surface area (Å²) in [5, 5.41) is 5.58. The Morgan fingerprint density at radius 1 is 1.50 bits per heavy atom. The molecule has 0 atom stereocenters. The van der Waals surface area contributed by atoms with Crippen LogP contribution in [0.5, 0.6) is 0 Å². The van der Waals surface area contributed by atoms with E-state index in [-0.39, 0.29) is 0 Å². The molecular weight excluding hydrogens is 74.9 g/mol. The first-order valence-electron chi connectivity index (χ1n) is 1.93. The van der Waals surface area contributed by atoms with E-state index in [0.29, 0.717) is 0 Å². The molecule has 0 bridgehead atoms. The van der Waals surface area contributed by atoms with Crippen LogP contribution in [0.2, 0.25) is 6.82 Å². The van der Waals surface area contributed by atoms with Crippen LogP contribution >= 0.6 is 0 Å². The molecule has 0 aromatic carbocycles. The molecule has 34 valence electrons. The maximum absolute atomic E-state index is 3.83. The van der Waals surface area contributed by atoms with Gasteiger partial charge in [0, 0.05) is 0 Å². The van der Waals surface area contributed by atoms with Gasteiger partial charge in [-0.05, 0) is 0 Å². The van der Waals surface area contributed by atoms with Crippen molar-refractivity contribution in [2.24, 2.45) is 5.00 Å². The van der Waals surface area contributed by atoms with Gasteiger partial charge in [0.2, 0.25) is 0 Å². The standard InChI is InChI=1S/C3H9BN2/c1-4-5-6(2)3/h1-3H3. The molecule has 2 nitrogen and oxygen atoms in total. The molecule has 0 fully saturated rings. The molecular formula is C3H9BN2. The van der Waals surface area contributed by atoms with Gasteiger partial charge in [-0.3, -0.25) is 0 Å². The molecule has 0 rings (SSSR count). The average Bonchev–Trinajstić information content (AvgIpc) is 1.35. The monoisotopic (exact) mass is 84.1 g/mol. The predicted octanol–water partition coefficient (Wildman–Crippen LogP) is 0.399. The summed E-state index contributed by atoms with van der Waals surface area (Å²) in [6.45, 7) is 1.89. The number of rotatable bonds is 1. The van der Waals surface area contributed by atoms with Crippen molar-refractivity contribution < 1.29 is 0 Å². The molecule has 6 heavy (non-hydrogen) atoms. The molecule has 0 aliphatic rings. The Balaban J connectivity index is 3.03. The summed E-state index contributed by atoms with van der Waals surface area (Å²) in [4.78, 5) is 0. The Morgan fingerprint density at radius 3 is 2.00 bits per heavy atom. The molecule has 0 aromatic rings. The van der Waals surface area contributed by atoms with Crippen LogP contribution in [0.25, 0.3) is 0 Å². The third-order valence-electron chi connectivity index (χ3n) is 0.346. The van der Waals surface area contributed by atoms with Crippen LogP contribution in [0.3, 0.4) is 0 Å². The molecule has 0 aliphatic heterocycles. The molecule has 3 heteroatoms. The molecule has 0 saturated heterocycles. The normalized spacial score (nSPS) is 8.50. The first-order valence-corrected chi connectivity index (χ1v) is 1.93. The van der Waals surface area contributed by atoms with Crippen LogP contribution in [-0.4, -0.2) is 26.2 Å². The molecule has 0 heterocycles. The minimum atomic E-state index is 1.75. The van der Waals surface area contributed by atoms with Crippen molar-refractivity contribution in [2.75, 3.05) is 14.1 Å². The van der Waals surface area contributed by atoms with E-state index in [1.807, 2.05) is 20.9 Å². The molecule has 0 aliphatic carbocycles. The molecule has 0 aromatic heterocycles. The van der Waals surface area contributed by atoms with E-state index < -0.39 is 0 Å². The van der Waals surface area contributed by atoms with Crippen molar-refractivity contribution in [1.29, 1.82) is 0 Å². The summed E-state index contributed by atoms with van der Waals surface area (Å²) in [5.74, 6) is 0.